The van der Waals surface area contributed by atoms with Gasteiger partial charge in [0.25, 0.3) is 11.8 Å². The molecule has 5 aliphatic rings. The average Bonchev–Trinajstić information content (AvgIpc) is 4.12. The summed E-state index contributed by atoms with van der Waals surface area (Å²) < 4.78 is 106. The smallest absolute Gasteiger partial charge is 0.408 e. The molecule has 7 rings (SSSR count). The largest absolute Gasteiger partial charge is 0.497 e. The Bertz CT molecular complexity index is 2200. The molecule has 3 fully saturated rings. The highest BCUT2D eigenvalue weighted by atomic mass is 32.2. The van der Waals surface area contributed by atoms with Gasteiger partial charge in [-0.15, -0.1) is 0 Å². The van der Waals surface area contributed by atoms with Gasteiger partial charge in [-0.25, -0.2) is 32.0 Å². The summed E-state index contributed by atoms with van der Waals surface area (Å²) in [5.74, 6) is -10.2. The number of allylic oxidation sites excluding steroid dienone is 1. The van der Waals surface area contributed by atoms with Crippen LogP contribution in [0.15, 0.2) is 30.4 Å². The fourth-order valence-electron chi connectivity index (χ4n) is 8.60. The molecule has 1 aromatic carbocycles. The van der Waals surface area contributed by atoms with Crippen LogP contribution >= 0.6 is 0 Å². The lowest BCUT2D eigenvalue weighted by Gasteiger charge is -2.36. The molecule has 8 unspecified atom stereocenters. The molecule has 1 saturated heterocycles. The quantitative estimate of drug-likeness (QED) is 0.247. The number of nitrogens with one attached hydrogen (secondary N) is 3. The summed E-state index contributed by atoms with van der Waals surface area (Å²) in [6.07, 6.45) is -0.883. The number of methoxy groups -OCH3 is 1. The molecule has 3 aliphatic carbocycles. The summed E-state index contributed by atoms with van der Waals surface area (Å²) >= 11 is 0. The van der Waals surface area contributed by atoms with Gasteiger partial charge in [-0.3, -0.25) is 19.1 Å². The van der Waals surface area contributed by atoms with Crippen LogP contribution in [0.5, 0.6) is 11.6 Å². The zero-order valence-corrected chi connectivity index (χ0v) is 35.4. The van der Waals surface area contributed by atoms with Gasteiger partial charge < -0.3 is 29.7 Å². The van der Waals surface area contributed by atoms with E-state index in [1.165, 1.54) is 26.2 Å². The number of hydrogen-bond donors (Lipinski definition) is 3. The van der Waals surface area contributed by atoms with Gasteiger partial charge in [0.15, 0.2) is 5.69 Å². The number of nitrogens with zero attached hydrogens (tertiary/aromatic N) is 3. The van der Waals surface area contributed by atoms with Crippen LogP contribution in [0.4, 0.5) is 22.4 Å². The lowest BCUT2D eigenvalue weighted by molar-refractivity contribution is -0.143. The van der Waals surface area contributed by atoms with Crippen LogP contribution in [0, 0.1) is 23.2 Å². The number of carbonyl (C=O) groups is 4. The number of hydrogen-bond acceptors (Lipinski definition) is 11. The first-order valence-corrected chi connectivity index (χ1v) is 22.2. The number of halogens is 4. The molecule has 0 radical (unpaired) electrons. The summed E-state index contributed by atoms with van der Waals surface area (Å²) in [6.45, 7) is 6.03. The van der Waals surface area contributed by atoms with Gasteiger partial charge in [-0.2, -0.15) is 8.78 Å². The van der Waals surface area contributed by atoms with Crippen LogP contribution in [0.3, 0.4) is 0 Å². The zero-order chi connectivity index (χ0) is 44.2. The topological polar surface area (TPSA) is 195 Å². The summed E-state index contributed by atoms with van der Waals surface area (Å²) in [6, 6.07) is 1.53. The monoisotopic (exact) mass is 880 g/mol. The lowest BCUT2D eigenvalue weighted by Crippen LogP contribution is -2.61. The van der Waals surface area contributed by atoms with E-state index in [2.05, 4.69) is 20.6 Å². The number of benzene rings is 1. The van der Waals surface area contributed by atoms with Gasteiger partial charge in [-0.1, -0.05) is 46.3 Å². The molecule has 3 heterocycles. The van der Waals surface area contributed by atoms with Gasteiger partial charge in [0, 0.05) is 24.3 Å². The average molecular weight is 881 g/mol. The Hall–Kier alpha value is -4.75. The molecule has 2 aromatic rings. The SMILES string of the molecule is COc1ccc2nc3c(nc2c1)OC1CN(C(=O)C(C(C)(C)C)NC(=O)OC2CCC=CC2CCCCC3(F)F)C(C(=O)NC2(C(=O)NS(=O)(=O)C3CC3)CC2C(F)F)C1C. The van der Waals surface area contributed by atoms with Crippen molar-refractivity contribution in [3.63, 3.8) is 0 Å². The molecule has 15 nitrogen and oxygen atoms in total. The number of aromatic nitrogens is 2. The van der Waals surface area contributed by atoms with Crippen LogP contribution in [-0.4, -0.2) is 102 Å². The van der Waals surface area contributed by atoms with E-state index in [0.29, 0.717) is 31.4 Å². The van der Waals surface area contributed by atoms with Crippen molar-refractivity contribution in [1.82, 2.24) is 30.2 Å². The number of sulfonamides is 1. The Labute approximate surface area is 351 Å². The zero-order valence-electron chi connectivity index (χ0n) is 34.6. The Morgan fingerprint density at radius 3 is 2.43 bits per heavy atom. The van der Waals surface area contributed by atoms with Gasteiger partial charge in [0.2, 0.25) is 34.1 Å². The van der Waals surface area contributed by atoms with Crippen LogP contribution in [0.25, 0.3) is 11.0 Å². The van der Waals surface area contributed by atoms with Crippen molar-refractivity contribution in [3.8, 4) is 11.6 Å². The maximum absolute atomic E-state index is 16.4. The van der Waals surface area contributed by atoms with E-state index in [0.717, 1.165) is 4.90 Å². The molecule has 0 spiro atoms. The van der Waals surface area contributed by atoms with Crippen molar-refractivity contribution < 1.29 is 59.4 Å². The molecule has 20 heteroatoms. The number of alkyl carbamates (subject to hydrolysis) is 1. The van der Waals surface area contributed by atoms with E-state index in [-0.39, 0.29) is 36.2 Å². The van der Waals surface area contributed by atoms with E-state index in [4.69, 9.17) is 14.2 Å². The second-order valence-corrected chi connectivity index (χ2v) is 19.9. The minimum absolute atomic E-state index is 0.0609. The molecule has 2 aliphatic heterocycles. The van der Waals surface area contributed by atoms with Gasteiger partial charge in [0.1, 0.15) is 35.6 Å². The molecule has 2 saturated carbocycles. The predicted molar refractivity (Wildman–Crippen MR) is 211 cm³/mol. The second kappa shape index (κ2) is 16.5. The highest BCUT2D eigenvalue weighted by molar-refractivity contribution is 7.91. The number of alkyl halides is 4. The van der Waals surface area contributed by atoms with E-state index in [1.807, 2.05) is 16.9 Å². The number of carbonyl (C=O) groups excluding carboxylic acids is 4. The minimum atomic E-state index is -4.22. The maximum atomic E-state index is 16.4. The highest BCUT2D eigenvalue weighted by Gasteiger charge is 2.67. The number of ether oxygens (including phenoxy) is 3. The van der Waals surface area contributed by atoms with Crippen LogP contribution in [-0.2, 0) is 35.1 Å². The Morgan fingerprint density at radius 1 is 1.03 bits per heavy atom. The Morgan fingerprint density at radius 2 is 1.77 bits per heavy atom. The second-order valence-electron chi connectivity index (χ2n) is 18.0. The summed E-state index contributed by atoms with van der Waals surface area (Å²) in [5, 5.41) is 4.18. The molecule has 4 amide bonds. The highest BCUT2D eigenvalue weighted by Crippen LogP contribution is 2.49. The molecular weight excluding hydrogens is 829 g/mol. The Balaban J connectivity index is 1.30. The predicted octanol–water partition coefficient (Wildman–Crippen LogP) is 5.12. The van der Waals surface area contributed by atoms with Crippen molar-refractivity contribution in [1.29, 1.82) is 0 Å². The van der Waals surface area contributed by atoms with Crippen molar-refractivity contribution in [3.05, 3.63) is 36.0 Å². The molecule has 8 atom stereocenters. The minimum Gasteiger partial charge on any atom is -0.497 e. The molecule has 61 heavy (non-hydrogen) atoms. The normalized spacial score (nSPS) is 30.8. The number of amides is 4. The van der Waals surface area contributed by atoms with Crippen LogP contribution in [0.2, 0.25) is 0 Å². The van der Waals surface area contributed by atoms with Gasteiger partial charge in [0.05, 0.1) is 35.9 Å². The number of fused-ring (bicyclic) bond motifs is 5. The molecular formula is C41H52F4N6O9S. The fraction of sp³-hybridized carbons (Fsp3) is 0.659. The Kier molecular flexibility index (Phi) is 12.0. The summed E-state index contributed by atoms with van der Waals surface area (Å²) in [5.41, 5.74) is -3.87. The molecule has 1 aromatic heterocycles. The van der Waals surface area contributed by atoms with Crippen molar-refractivity contribution in [2.24, 2.45) is 23.2 Å². The van der Waals surface area contributed by atoms with E-state index < -0.39 is 129 Å². The first kappa shape index (κ1) is 44.3. The molecule has 334 valence electrons. The van der Waals surface area contributed by atoms with Gasteiger partial charge >= 0.3 is 6.09 Å². The van der Waals surface area contributed by atoms with Crippen LogP contribution < -0.4 is 24.8 Å². The van der Waals surface area contributed by atoms with E-state index in [9.17, 15) is 36.4 Å². The molecule has 3 N–H and O–H groups in total. The first-order valence-electron chi connectivity index (χ1n) is 20.7. The standard InChI is InChI=1S/C41H52F4N6O9S/c1-21-29-20-51(30(21)34(52)49-40(19-25(40)33(42)43)37(54)50-61(56,57)24-14-15-24)36(53)32(39(2,3)4)48-38(55)60-28-12-7-6-10-22(28)11-8-9-17-41(44,45)31-35(59-29)47-27-18-23(58-5)13-16-26(27)46-31/h6,10,13,16,18,21-22,24-25,28-30,32-33H,7-9,11-12,14-15,17,19-20H2,1-5H3,(H,48,55)(H,49,52)(H,50,54). The van der Waals surface area contributed by atoms with Gasteiger partial charge in [-0.05, 0) is 62.5 Å². The third-order valence-corrected chi connectivity index (χ3v) is 14.3. The lowest BCUT2D eigenvalue weighted by atomic mass is 9.85. The first-order chi connectivity index (χ1) is 28.6. The summed E-state index contributed by atoms with van der Waals surface area (Å²) in [4.78, 5) is 66.4. The van der Waals surface area contributed by atoms with E-state index >= 15 is 8.78 Å². The third kappa shape index (κ3) is 9.09. The summed E-state index contributed by atoms with van der Waals surface area (Å²) in [7, 11) is -2.80. The fourth-order valence-corrected chi connectivity index (χ4v) is 9.96. The van der Waals surface area contributed by atoms with Crippen LogP contribution in [0.1, 0.15) is 91.2 Å². The maximum Gasteiger partial charge on any atom is 0.408 e. The van der Waals surface area contributed by atoms with E-state index in [1.54, 1.807) is 26.8 Å². The molecule has 2 bridgehead atoms. The van der Waals surface area contributed by atoms with Crippen molar-refractivity contribution in [2.45, 2.75) is 133 Å². The van der Waals surface area contributed by atoms with Crippen molar-refractivity contribution >= 4 is 44.9 Å². The van der Waals surface area contributed by atoms with Crippen molar-refractivity contribution in [2.75, 3.05) is 13.7 Å². The number of rotatable bonds is 7. The third-order valence-electron chi connectivity index (χ3n) is 12.5.